The van der Waals surface area contributed by atoms with Crippen molar-refractivity contribution in [1.29, 1.82) is 0 Å². The minimum atomic E-state index is 0.308. The summed E-state index contributed by atoms with van der Waals surface area (Å²) in [5, 5.41) is 3.38. The molecule has 0 aromatic heterocycles. The zero-order chi connectivity index (χ0) is 10.7. The van der Waals surface area contributed by atoms with E-state index in [4.69, 9.17) is 4.74 Å². The molecule has 0 saturated carbocycles. The Morgan fingerprint density at radius 2 is 2.33 bits per heavy atom. The van der Waals surface area contributed by atoms with Crippen LogP contribution in [-0.2, 0) is 11.2 Å². The van der Waals surface area contributed by atoms with Gasteiger partial charge in [0.25, 0.3) is 0 Å². The fraction of sp³-hybridized carbons (Fsp3) is 0.500. The van der Waals surface area contributed by atoms with Crippen LogP contribution in [0.5, 0.6) is 0 Å². The molecule has 2 nitrogen and oxygen atoms in total. The number of morpholine rings is 1. The van der Waals surface area contributed by atoms with Crippen molar-refractivity contribution < 1.29 is 4.74 Å². The van der Waals surface area contributed by atoms with Gasteiger partial charge in [0.05, 0.1) is 12.2 Å². The molecule has 1 saturated heterocycles. The van der Waals surface area contributed by atoms with Gasteiger partial charge in [-0.2, -0.15) is 0 Å². The number of rotatable bonds is 2. The monoisotopic (exact) mass is 269 g/mol. The van der Waals surface area contributed by atoms with Crippen LogP contribution in [0.2, 0.25) is 0 Å². The zero-order valence-electron chi connectivity index (χ0n) is 8.87. The SMILES string of the molecule is CC1CNCC(Cc2cccc(Br)c2)O1. The van der Waals surface area contributed by atoms with Crippen molar-refractivity contribution in [3.8, 4) is 0 Å². The summed E-state index contributed by atoms with van der Waals surface area (Å²) in [7, 11) is 0. The van der Waals surface area contributed by atoms with Crippen LogP contribution in [0.4, 0.5) is 0 Å². The molecule has 1 aliphatic rings. The molecule has 1 N–H and O–H groups in total. The van der Waals surface area contributed by atoms with Crippen molar-refractivity contribution in [1.82, 2.24) is 5.32 Å². The molecular formula is C12H16BrNO. The van der Waals surface area contributed by atoms with E-state index >= 15 is 0 Å². The average Bonchev–Trinajstić information content (AvgIpc) is 2.17. The molecule has 1 aromatic carbocycles. The zero-order valence-corrected chi connectivity index (χ0v) is 10.5. The molecular weight excluding hydrogens is 254 g/mol. The molecule has 82 valence electrons. The van der Waals surface area contributed by atoms with E-state index in [1.807, 2.05) is 6.07 Å². The Labute approximate surface area is 99.1 Å². The van der Waals surface area contributed by atoms with E-state index in [1.165, 1.54) is 5.56 Å². The summed E-state index contributed by atoms with van der Waals surface area (Å²) in [4.78, 5) is 0. The average molecular weight is 270 g/mol. The third-order valence-electron chi connectivity index (χ3n) is 2.58. The number of hydrogen-bond donors (Lipinski definition) is 1. The molecule has 2 unspecified atom stereocenters. The maximum Gasteiger partial charge on any atom is 0.0743 e. The molecule has 0 amide bonds. The summed E-state index contributed by atoms with van der Waals surface area (Å²) in [6, 6.07) is 8.42. The number of hydrogen-bond acceptors (Lipinski definition) is 2. The highest BCUT2D eigenvalue weighted by atomic mass is 79.9. The van der Waals surface area contributed by atoms with Crippen LogP contribution in [0, 0.1) is 0 Å². The summed E-state index contributed by atoms with van der Waals surface area (Å²) >= 11 is 3.48. The van der Waals surface area contributed by atoms with Gasteiger partial charge in [0.2, 0.25) is 0 Å². The maximum absolute atomic E-state index is 5.85. The lowest BCUT2D eigenvalue weighted by Crippen LogP contribution is -2.44. The van der Waals surface area contributed by atoms with Crippen LogP contribution in [0.1, 0.15) is 12.5 Å². The largest absolute Gasteiger partial charge is 0.372 e. The lowest BCUT2D eigenvalue weighted by Gasteiger charge is -2.28. The van der Waals surface area contributed by atoms with Crippen molar-refractivity contribution in [2.45, 2.75) is 25.6 Å². The third kappa shape index (κ3) is 3.30. The number of benzene rings is 1. The van der Waals surface area contributed by atoms with Gasteiger partial charge in [-0.05, 0) is 31.0 Å². The van der Waals surface area contributed by atoms with Crippen molar-refractivity contribution in [2.24, 2.45) is 0 Å². The van der Waals surface area contributed by atoms with Crippen molar-refractivity contribution in [2.75, 3.05) is 13.1 Å². The van der Waals surface area contributed by atoms with Gasteiger partial charge in [0, 0.05) is 17.6 Å². The summed E-state index contributed by atoms with van der Waals surface area (Å²) in [5.41, 5.74) is 1.32. The van der Waals surface area contributed by atoms with Crippen LogP contribution in [0.15, 0.2) is 28.7 Å². The molecule has 1 heterocycles. The lowest BCUT2D eigenvalue weighted by atomic mass is 10.1. The van der Waals surface area contributed by atoms with E-state index in [0.717, 1.165) is 24.0 Å². The van der Waals surface area contributed by atoms with Gasteiger partial charge in [0.1, 0.15) is 0 Å². The highest BCUT2D eigenvalue weighted by Crippen LogP contribution is 2.15. The van der Waals surface area contributed by atoms with E-state index < -0.39 is 0 Å². The van der Waals surface area contributed by atoms with Crippen LogP contribution >= 0.6 is 15.9 Å². The second-order valence-corrected chi connectivity index (χ2v) is 4.98. The predicted molar refractivity (Wildman–Crippen MR) is 65.1 cm³/mol. The third-order valence-corrected chi connectivity index (χ3v) is 3.07. The van der Waals surface area contributed by atoms with Crippen molar-refractivity contribution in [3.05, 3.63) is 34.3 Å². The Balaban J connectivity index is 1.96. The van der Waals surface area contributed by atoms with Crippen molar-refractivity contribution in [3.63, 3.8) is 0 Å². The van der Waals surface area contributed by atoms with Gasteiger partial charge in [0.15, 0.2) is 0 Å². The summed E-state index contributed by atoms with van der Waals surface area (Å²) in [5.74, 6) is 0. The molecule has 1 aliphatic heterocycles. The second-order valence-electron chi connectivity index (χ2n) is 4.06. The smallest absolute Gasteiger partial charge is 0.0743 e. The van der Waals surface area contributed by atoms with Crippen molar-refractivity contribution >= 4 is 15.9 Å². The topological polar surface area (TPSA) is 21.3 Å². The minimum absolute atomic E-state index is 0.308. The molecule has 0 radical (unpaired) electrons. The Morgan fingerprint density at radius 3 is 3.07 bits per heavy atom. The lowest BCUT2D eigenvalue weighted by molar-refractivity contribution is -0.0262. The molecule has 3 heteroatoms. The standard InChI is InChI=1S/C12H16BrNO/c1-9-7-14-8-12(15-9)6-10-3-2-4-11(13)5-10/h2-5,9,12,14H,6-8H2,1H3. The molecule has 2 atom stereocenters. The van der Waals surface area contributed by atoms with E-state index in [0.29, 0.717) is 12.2 Å². The van der Waals surface area contributed by atoms with Gasteiger partial charge >= 0.3 is 0 Å². The van der Waals surface area contributed by atoms with E-state index in [9.17, 15) is 0 Å². The number of nitrogens with one attached hydrogen (secondary N) is 1. The van der Waals surface area contributed by atoms with Gasteiger partial charge in [-0.15, -0.1) is 0 Å². The highest BCUT2D eigenvalue weighted by Gasteiger charge is 2.18. The fourth-order valence-electron chi connectivity index (χ4n) is 1.92. The molecule has 0 spiro atoms. The minimum Gasteiger partial charge on any atom is -0.372 e. The van der Waals surface area contributed by atoms with E-state index in [-0.39, 0.29) is 0 Å². The maximum atomic E-state index is 5.85. The Kier molecular flexibility index (Phi) is 3.78. The van der Waals surface area contributed by atoms with Crippen LogP contribution < -0.4 is 5.32 Å². The first-order chi connectivity index (χ1) is 7.24. The molecule has 1 aromatic rings. The second kappa shape index (κ2) is 5.10. The molecule has 1 fully saturated rings. The van der Waals surface area contributed by atoms with Crippen LogP contribution in [0.3, 0.4) is 0 Å². The number of ether oxygens (including phenoxy) is 1. The number of halogens is 1. The van der Waals surface area contributed by atoms with Gasteiger partial charge < -0.3 is 10.1 Å². The normalized spacial score (nSPS) is 26.5. The Hall–Kier alpha value is -0.380. The first kappa shape index (κ1) is 11.1. The quantitative estimate of drug-likeness (QED) is 0.890. The van der Waals surface area contributed by atoms with Gasteiger partial charge in [-0.1, -0.05) is 28.1 Å². The fourth-order valence-corrected chi connectivity index (χ4v) is 2.37. The van der Waals surface area contributed by atoms with Crippen LogP contribution in [0.25, 0.3) is 0 Å². The van der Waals surface area contributed by atoms with E-state index in [2.05, 4.69) is 46.4 Å². The highest BCUT2D eigenvalue weighted by molar-refractivity contribution is 9.10. The van der Waals surface area contributed by atoms with Crippen LogP contribution in [-0.4, -0.2) is 25.3 Å². The summed E-state index contributed by atoms with van der Waals surface area (Å²) in [6.45, 7) is 4.03. The molecule has 2 rings (SSSR count). The molecule has 0 aliphatic carbocycles. The Morgan fingerprint density at radius 1 is 1.47 bits per heavy atom. The summed E-state index contributed by atoms with van der Waals surface area (Å²) in [6.07, 6.45) is 1.62. The predicted octanol–water partition coefficient (Wildman–Crippen LogP) is 2.37. The molecule has 0 bridgehead atoms. The van der Waals surface area contributed by atoms with Gasteiger partial charge in [-0.3, -0.25) is 0 Å². The Bertz CT molecular complexity index is 329. The van der Waals surface area contributed by atoms with E-state index in [1.54, 1.807) is 0 Å². The molecule has 15 heavy (non-hydrogen) atoms. The first-order valence-corrected chi connectivity index (χ1v) is 6.14. The van der Waals surface area contributed by atoms with Gasteiger partial charge in [-0.25, -0.2) is 0 Å². The summed E-state index contributed by atoms with van der Waals surface area (Å²) < 4.78 is 6.99. The first-order valence-electron chi connectivity index (χ1n) is 5.34.